The molecule has 1 amide bonds. The average Bonchev–Trinajstić information content (AvgIpc) is 2.98. The van der Waals surface area contributed by atoms with E-state index in [4.69, 9.17) is 0 Å². The van der Waals surface area contributed by atoms with Gasteiger partial charge in [-0.05, 0) is 44.0 Å². The number of alkyl halides is 3. The summed E-state index contributed by atoms with van der Waals surface area (Å²) < 4.78 is 67.1. The van der Waals surface area contributed by atoms with Gasteiger partial charge in [0.1, 0.15) is 11.8 Å². The third-order valence-corrected chi connectivity index (χ3v) is 6.45. The number of carbonyl (C=O) groups is 1. The van der Waals surface area contributed by atoms with Crippen LogP contribution in [0.15, 0.2) is 29.2 Å². The molecule has 3 rings (SSSR count). The van der Waals surface area contributed by atoms with Gasteiger partial charge in [-0.2, -0.15) is 4.31 Å². The Balaban J connectivity index is 1.84. The number of hydrogen-bond donors (Lipinski definition) is 0. The lowest BCUT2D eigenvalue weighted by Gasteiger charge is -2.40. The predicted molar refractivity (Wildman–Crippen MR) is 81.2 cm³/mol. The van der Waals surface area contributed by atoms with Crippen LogP contribution in [-0.4, -0.2) is 55.1 Å². The van der Waals surface area contributed by atoms with Gasteiger partial charge in [0.05, 0.1) is 4.90 Å². The van der Waals surface area contributed by atoms with Crippen molar-refractivity contribution in [1.29, 1.82) is 0 Å². The van der Waals surface area contributed by atoms with Gasteiger partial charge in [0.25, 0.3) is 0 Å². The van der Waals surface area contributed by atoms with Crippen molar-refractivity contribution in [2.24, 2.45) is 0 Å². The van der Waals surface area contributed by atoms with E-state index in [1.807, 2.05) is 0 Å². The molecule has 10 heteroatoms. The highest BCUT2D eigenvalue weighted by Gasteiger charge is 2.45. The van der Waals surface area contributed by atoms with Crippen molar-refractivity contribution in [3.63, 3.8) is 0 Å². The molecule has 6 nitrogen and oxygen atoms in total. The molecule has 1 aromatic carbocycles. The van der Waals surface area contributed by atoms with Crippen LogP contribution in [0.5, 0.6) is 5.75 Å². The number of halogens is 3. The molecule has 2 atom stereocenters. The van der Waals surface area contributed by atoms with Gasteiger partial charge in [-0.3, -0.25) is 4.79 Å². The smallest absolute Gasteiger partial charge is 0.406 e. The van der Waals surface area contributed by atoms with Gasteiger partial charge in [-0.15, -0.1) is 13.2 Å². The summed E-state index contributed by atoms with van der Waals surface area (Å²) >= 11 is 0. The summed E-state index contributed by atoms with van der Waals surface area (Å²) in [5.74, 6) is -0.745. The molecule has 0 aliphatic carbocycles. The Kier molecular flexibility index (Phi) is 4.44. The van der Waals surface area contributed by atoms with E-state index in [2.05, 4.69) is 4.74 Å². The molecule has 2 heterocycles. The molecule has 1 aromatic rings. The monoisotopic (exact) mass is 378 g/mol. The van der Waals surface area contributed by atoms with Gasteiger partial charge in [0, 0.05) is 19.1 Å². The molecule has 0 radical (unpaired) electrons. The zero-order valence-corrected chi connectivity index (χ0v) is 14.2. The Hall–Kier alpha value is -1.81. The van der Waals surface area contributed by atoms with Gasteiger partial charge in [-0.1, -0.05) is 0 Å². The van der Waals surface area contributed by atoms with Crippen LogP contribution < -0.4 is 4.74 Å². The van der Waals surface area contributed by atoms with Crippen LogP contribution in [0, 0.1) is 0 Å². The molecule has 25 heavy (non-hydrogen) atoms. The highest BCUT2D eigenvalue weighted by molar-refractivity contribution is 7.89. The Morgan fingerprint density at radius 1 is 1.20 bits per heavy atom. The number of nitrogens with zero attached hydrogens (tertiary/aromatic N) is 2. The first kappa shape index (κ1) is 18.0. The molecule has 0 aromatic heterocycles. The fourth-order valence-electron chi connectivity index (χ4n) is 3.30. The third kappa shape index (κ3) is 3.45. The number of fused-ring (bicyclic) bond motifs is 1. The number of ether oxygens (including phenoxy) is 1. The number of hydrogen-bond acceptors (Lipinski definition) is 4. The van der Waals surface area contributed by atoms with Gasteiger partial charge in [-0.25, -0.2) is 8.42 Å². The van der Waals surface area contributed by atoms with E-state index >= 15 is 0 Å². The normalized spacial score (nSPS) is 25.1. The number of piperazine rings is 1. The zero-order valence-electron chi connectivity index (χ0n) is 13.4. The molecule has 0 bridgehead atoms. The van der Waals surface area contributed by atoms with Crippen molar-refractivity contribution in [2.45, 2.75) is 43.1 Å². The van der Waals surface area contributed by atoms with E-state index in [9.17, 15) is 26.4 Å². The lowest BCUT2D eigenvalue weighted by atomic mass is 10.1. The fourth-order valence-corrected chi connectivity index (χ4v) is 4.93. The summed E-state index contributed by atoms with van der Waals surface area (Å²) in [4.78, 5) is 13.9. The van der Waals surface area contributed by atoms with E-state index in [-0.39, 0.29) is 23.4 Å². The molecule has 2 saturated heterocycles. The van der Waals surface area contributed by atoms with Crippen LogP contribution in [0.4, 0.5) is 13.2 Å². The summed E-state index contributed by atoms with van der Waals surface area (Å²) in [5, 5.41) is 0. The first-order chi connectivity index (χ1) is 11.6. The Bertz CT molecular complexity index is 764. The van der Waals surface area contributed by atoms with Crippen LogP contribution in [0.2, 0.25) is 0 Å². The highest BCUT2D eigenvalue weighted by Crippen LogP contribution is 2.31. The van der Waals surface area contributed by atoms with Crippen LogP contribution in [0.25, 0.3) is 0 Å². The maximum atomic E-state index is 12.8. The van der Waals surface area contributed by atoms with E-state index < -0.39 is 28.2 Å². The minimum Gasteiger partial charge on any atom is -0.406 e. The number of carbonyl (C=O) groups excluding carboxylic acids is 1. The SMILES string of the molecule is CC1C(=O)N2CCCC2CN1S(=O)(=O)c1ccc(OC(F)(F)F)cc1. The topological polar surface area (TPSA) is 66.9 Å². The maximum absolute atomic E-state index is 12.8. The minimum atomic E-state index is -4.85. The molecule has 2 unspecified atom stereocenters. The van der Waals surface area contributed by atoms with Gasteiger partial charge >= 0.3 is 6.36 Å². The minimum absolute atomic E-state index is 0.147. The molecular weight excluding hydrogens is 361 g/mol. The lowest BCUT2D eigenvalue weighted by Crippen LogP contribution is -2.59. The molecule has 138 valence electrons. The van der Waals surface area contributed by atoms with Crippen molar-refractivity contribution in [3.8, 4) is 5.75 Å². The Morgan fingerprint density at radius 3 is 2.44 bits per heavy atom. The average molecular weight is 378 g/mol. The Morgan fingerprint density at radius 2 is 1.84 bits per heavy atom. The molecule has 0 spiro atoms. The van der Waals surface area contributed by atoms with E-state index in [0.717, 1.165) is 41.4 Å². The summed E-state index contributed by atoms with van der Waals surface area (Å²) in [5.41, 5.74) is 0. The van der Waals surface area contributed by atoms with E-state index in [1.165, 1.54) is 6.92 Å². The van der Waals surface area contributed by atoms with Gasteiger partial charge in [0.2, 0.25) is 15.9 Å². The highest BCUT2D eigenvalue weighted by atomic mass is 32.2. The second-order valence-corrected chi connectivity index (χ2v) is 7.99. The quantitative estimate of drug-likeness (QED) is 0.807. The Labute approximate surface area is 143 Å². The first-order valence-corrected chi connectivity index (χ1v) is 9.22. The van der Waals surface area contributed by atoms with Gasteiger partial charge in [0.15, 0.2) is 0 Å². The maximum Gasteiger partial charge on any atom is 0.573 e. The van der Waals surface area contributed by atoms with Crippen molar-refractivity contribution in [1.82, 2.24) is 9.21 Å². The van der Waals surface area contributed by atoms with Crippen LogP contribution in [-0.2, 0) is 14.8 Å². The summed E-state index contributed by atoms with van der Waals surface area (Å²) in [6.45, 7) is 2.34. The van der Waals surface area contributed by atoms with E-state index in [0.29, 0.717) is 6.54 Å². The molecule has 0 saturated carbocycles. The molecule has 2 aliphatic heterocycles. The van der Waals surface area contributed by atoms with Crippen LogP contribution >= 0.6 is 0 Å². The molecule has 0 N–H and O–H groups in total. The van der Waals surface area contributed by atoms with Crippen LogP contribution in [0.1, 0.15) is 19.8 Å². The fraction of sp³-hybridized carbons (Fsp3) is 0.533. The summed E-state index contributed by atoms with van der Waals surface area (Å²) in [6, 6.07) is 3.00. The zero-order chi connectivity index (χ0) is 18.4. The van der Waals surface area contributed by atoms with Crippen molar-refractivity contribution in [2.75, 3.05) is 13.1 Å². The summed E-state index contributed by atoms with van der Waals surface area (Å²) in [7, 11) is -3.99. The standard InChI is InChI=1S/C15H17F3N2O4S/c1-10-14(21)19-8-2-3-11(19)9-20(10)25(22,23)13-6-4-12(5-7-13)24-15(16,17)18/h4-7,10-11H,2-3,8-9H2,1H3. The van der Waals surface area contributed by atoms with Crippen molar-refractivity contribution >= 4 is 15.9 Å². The largest absolute Gasteiger partial charge is 0.573 e. The molecular formula is C15H17F3N2O4S. The molecule has 2 aliphatic rings. The predicted octanol–water partition coefficient (Wildman–Crippen LogP) is 1.97. The first-order valence-electron chi connectivity index (χ1n) is 7.78. The van der Waals surface area contributed by atoms with Crippen molar-refractivity contribution < 1.29 is 31.1 Å². The van der Waals surface area contributed by atoms with E-state index in [1.54, 1.807) is 4.90 Å². The van der Waals surface area contributed by atoms with Gasteiger partial charge < -0.3 is 9.64 Å². The lowest BCUT2D eigenvalue weighted by molar-refractivity contribution is -0.274. The third-order valence-electron chi connectivity index (χ3n) is 4.50. The number of amides is 1. The summed E-state index contributed by atoms with van der Waals surface area (Å²) in [6.07, 6.45) is -3.27. The van der Waals surface area contributed by atoms with Crippen LogP contribution in [0.3, 0.4) is 0 Å². The number of sulfonamides is 1. The number of rotatable bonds is 3. The molecule has 2 fully saturated rings. The van der Waals surface area contributed by atoms with Crippen molar-refractivity contribution in [3.05, 3.63) is 24.3 Å². The number of benzene rings is 1. The second kappa shape index (κ2) is 6.17. The second-order valence-electron chi connectivity index (χ2n) is 6.10.